The second kappa shape index (κ2) is 2.93. The maximum absolute atomic E-state index is 2.26. The zero-order valence-electron chi connectivity index (χ0n) is 7.98. The summed E-state index contributed by atoms with van der Waals surface area (Å²) >= 11 is 0. The average molecular weight is 160 g/mol. The van der Waals surface area contributed by atoms with Gasteiger partial charge in [-0.2, -0.15) is 0 Å². The molecule has 0 N–H and O–H groups in total. The molecule has 0 nitrogen and oxygen atoms in total. The summed E-state index contributed by atoms with van der Waals surface area (Å²) in [5, 5.41) is 0. The van der Waals surface area contributed by atoms with Crippen LogP contribution in [0.25, 0.3) is 0 Å². The minimum absolute atomic E-state index is 1.31. The molecule has 0 unspecified atom stereocenters. The number of benzene rings is 1. The van der Waals surface area contributed by atoms with Gasteiger partial charge in [0.15, 0.2) is 0 Å². The van der Waals surface area contributed by atoms with E-state index < -0.39 is 0 Å². The Kier molecular flexibility index (Phi) is 1.92. The van der Waals surface area contributed by atoms with E-state index >= 15 is 0 Å². The molecule has 2 rings (SSSR count). The molecule has 0 saturated heterocycles. The first-order chi connectivity index (χ1) is 5.79. The normalized spacial score (nSPS) is 15.8. The summed E-state index contributed by atoms with van der Waals surface area (Å²) < 4.78 is 0. The molecule has 0 bridgehead atoms. The van der Waals surface area contributed by atoms with E-state index in [-0.39, 0.29) is 0 Å². The lowest BCUT2D eigenvalue weighted by atomic mass is 9.86. The van der Waals surface area contributed by atoms with Gasteiger partial charge in [0.1, 0.15) is 0 Å². The van der Waals surface area contributed by atoms with Gasteiger partial charge in [-0.1, -0.05) is 12.1 Å². The van der Waals surface area contributed by atoms with Crippen LogP contribution in [-0.2, 0) is 12.8 Å². The zero-order valence-corrected chi connectivity index (χ0v) is 7.98. The van der Waals surface area contributed by atoms with Gasteiger partial charge in [0.05, 0.1) is 0 Å². The molecule has 1 aliphatic carbocycles. The summed E-state index contributed by atoms with van der Waals surface area (Å²) in [5.41, 5.74) is 6.27. The minimum Gasteiger partial charge on any atom is -0.0588 e. The van der Waals surface area contributed by atoms with Crippen molar-refractivity contribution in [2.75, 3.05) is 0 Å². The van der Waals surface area contributed by atoms with Crippen LogP contribution in [0.15, 0.2) is 12.1 Å². The first-order valence-corrected chi connectivity index (χ1v) is 4.87. The lowest BCUT2D eigenvalue weighted by Crippen LogP contribution is -2.06. The molecule has 0 aliphatic heterocycles. The number of hydrogen-bond donors (Lipinski definition) is 0. The lowest BCUT2D eigenvalue weighted by Gasteiger charge is -2.19. The van der Waals surface area contributed by atoms with Crippen molar-refractivity contribution in [3.05, 3.63) is 34.4 Å². The van der Waals surface area contributed by atoms with Crippen LogP contribution in [-0.4, -0.2) is 0 Å². The van der Waals surface area contributed by atoms with Crippen molar-refractivity contribution in [2.45, 2.75) is 39.5 Å². The van der Waals surface area contributed by atoms with Gasteiger partial charge in [0, 0.05) is 0 Å². The van der Waals surface area contributed by atoms with E-state index in [9.17, 15) is 0 Å². The van der Waals surface area contributed by atoms with E-state index in [0.29, 0.717) is 0 Å². The molecule has 1 aromatic carbocycles. The quantitative estimate of drug-likeness (QED) is 0.547. The minimum atomic E-state index is 1.31. The molecule has 0 atom stereocenters. The Morgan fingerprint density at radius 2 is 1.25 bits per heavy atom. The van der Waals surface area contributed by atoms with Crippen molar-refractivity contribution in [1.29, 1.82) is 0 Å². The SMILES string of the molecule is Cc1ccc(C)c2c1CCCC2. The average Bonchev–Trinajstić information content (AvgIpc) is 2.12. The topological polar surface area (TPSA) is 0 Å². The standard InChI is InChI=1S/C12H16/c1-9-7-8-10(2)12-6-4-3-5-11(9)12/h7-8H,3-6H2,1-2H3. The fourth-order valence-corrected chi connectivity index (χ4v) is 2.23. The molecule has 1 aliphatic rings. The Morgan fingerprint density at radius 3 is 1.67 bits per heavy atom. The van der Waals surface area contributed by atoms with E-state index in [2.05, 4.69) is 26.0 Å². The van der Waals surface area contributed by atoms with Crippen molar-refractivity contribution in [3.8, 4) is 0 Å². The van der Waals surface area contributed by atoms with Crippen LogP contribution in [0.5, 0.6) is 0 Å². The fourth-order valence-electron chi connectivity index (χ4n) is 2.23. The maximum Gasteiger partial charge on any atom is -0.0273 e. The van der Waals surface area contributed by atoms with E-state index in [1.807, 2.05) is 0 Å². The predicted molar refractivity (Wildman–Crippen MR) is 52.6 cm³/mol. The Hall–Kier alpha value is -0.780. The molecular weight excluding hydrogens is 144 g/mol. The van der Waals surface area contributed by atoms with Crippen LogP contribution in [0.3, 0.4) is 0 Å². The monoisotopic (exact) mass is 160 g/mol. The van der Waals surface area contributed by atoms with Crippen molar-refractivity contribution < 1.29 is 0 Å². The van der Waals surface area contributed by atoms with Crippen LogP contribution in [0.2, 0.25) is 0 Å². The molecular formula is C12H16. The smallest absolute Gasteiger partial charge is 0.0273 e. The third-order valence-electron chi connectivity index (χ3n) is 3.00. The van der Waals surface area contributed by atoms with Crippen LogP contribution in [0.4, 0.5) is 0 Å². The summed E-state index contributed by atoms with van der Waals surface area (Å²) in [7, 11) is 0. The molecule has 0 radical (unpaired) electrons. The summed E-state index contributed by atoms with van der Waals surface area (Å²) in [6.45, 7) is 4.48. The molecule has 1 aromatic rings. The Balaban J connectivity index is 2.57. The van der Waals surface area contributed by atoms with E-state index in [4.69, 9.17) is 0 Å². The highest BCUT2D eigenvalue weighted by Crippen LogP contribution is 2.26. The van der Waals surface area contributed by atoms with Crippen molar-refractivity contribution in [1.82, 2.24) is 0 Å². The van der Waals surface area contributed by atoms with Gasteiger partial charge in [0.25, 0.3) is 0 Å². The molecule has 12 heavy (non-hydrogen) atoms. The second-order valence-electron chi connectivity index (χ2n) is 3.86. The van der Waals surface area contributed by atoms with Crippen molar-refractivity contribution >= 4 is 0 Å². The van der Waals surface area contributed by atoms with Gasteiger partial charge in [-0.05, 0) is 61.8 Å². The molecule has 0 amide bonds. The summed E-state index contributed by atoms with van der Waals surface area (Å²) in [6, 6.07) is 4.53. The highest BCUT2D eigenvalue weighted by Gasteiger charge is 2.12. The van der Waals surface area contributed by atoms with Gasteiger partial charge in [-0.3, -0.25) is 0 Å². The molecule has 64 valence electrons. The molecule has 0 heterocycles. The van der Waals surface area contributed by atoms with Gasteiger partial charge in [-0.15, -0.1) is 0 Å². The highest BCUT2D eigenvalue weighted by atomic mass is 14.2. The molecule has 0 saturated carbocycles. The largest absolute Gasteiger partial charge is 0.0588 e. The molecule has 0 fully saturated rings. The van der Waals surface area contributed by atoms with Crippen molar-refractivity contribution in [2.24, 2.45) is 0 Å². The second-order valence-corrected chi connectivity index (χ2v) is 3.86. The van der Waals surface area contributed by atoms with E-state index in [1.54, 1.807) is 11.1 Å². The third-order valence-corrected chi connectivity index (χ3v) is 3.00. The van der Waals surface area contributed by atoms with Crippen LogP contribution < -0.4 is 0 Å². The van der Waals surface area contributed by atoms with Gasteiger partial charge >= 0.3 is 0 Å². The van der Waals surface area contributed by atoms with E-state index in [0.717, 1.165) is 0 Å². The predicted octanol–water partition coefficient (Wildman–Crippen LogP) is 3.18. The van der Waals surface area contributed by atoms with Crippen molar-refractivity contribution in [3.63, 3.8) is 0 Å². The lowest BCUT2D eigenvalue weighted by molar-refractivity contribution is 0.678. The van der Waals surface area contributed by atoms with Gasteiger partial charge in [0.2, 0.25) is 0 Å². The summed E-state index contributed by atoms with van der Waals surface area (Å²) in [6.07, 6.45) is 5.39. The number of fused-ring (bicyclic) bond motifs is 1. The summed E-state index contributed by atoms with van der Waals surface area (Å²) in [4.78, 5) is 0. The van der Waals surface area contributed by atoms with Crippen LogP contribution in [0, 0.1) is 13.8 Å². The number of rotatable bonds is 0. The third kappa shape index (κ3) is 1.16. The maximum atomic E-state index is 2.26. The molecule has 0 heteroatoms. The first kappa shape index (κ1) is 7.85. The number of hydrogen-bond acceptors (Lipinski definition) is 0. The van der Waals surface area contributed by atoms with Gasteiger partial charge < -0.3 is 0 Å². The fraction of sp³-hybridized carbons (Fsp3) is 0.500. The Bertz CT molecular complexity index is 266. The first-order valence-electron chi connectivity index (χ1n) is 4.87. The zero-order chi connectivity index (χ0) is 8.55. The highest BCUT2D eigenvalue weighted by molar-refractivity contribution is 5.41. The Labute approximate surface area is 74.6 Å². The number of aryl methyl sites for hydroxylation is 2. The van der Waals surface area contributed by atoms with Gasteiger partial charge in [-0.25, -0.2) is 0 Å². The Morgan fingerprint density at radius 1 is 0.833 bits per heavy atom. The molecule has 0 spiro atoms. The van der Waals surface area contributed by atoms with E-state index in [1.165, 1.54) is 36.8 Å². The molecule has 0 aromatic heterocycles. The van der Waals surface area contributed by atoms with Crippen LogP contribution >= 0.6 is 0 Å². The summed E-state index contributed by atoms with van der Waals surface area (Å²) in [5.74, 6) is 0. The van der Waals surface area contributed by atoms with Crippen LogP contribution in [0.1, 0.15) is 35.1 Å².